The molecule has 0 N–H and O–H groups in total. The molecule has 0 aliphatic carbocycles. The van der Waals surface area contributed by atoms with Crippen LogP contribution in [0.5, 0.6) is 0 Å². The fourth-order valence-corrected chi connectivity index (χ4v) is 0.858. The third-order valence-electron chi connectivity index (χ3n) is 1.46. The van der Waals surface area contributed by atoms with Crippen molar-refractivity contribution in [1.29, 1.82) is 5.26 Å². The van der Waals surface area contributed by atoms with Crippen LogP contribution in [0.4, 0.5) is 4.39 Å². The predicted molar refractivity (Wildman–Crippen MR) is 44.9 cm³/mol. The molecule has 0 aliphatic rings. The van der Waals surface area contributed by atoms with E-state index in [1.165, 1.54) is 12.1 Å². The number of aromatic nitrogens is 1. The maximum absolute atomic E-state index is 13.0. The Morgan fingerprint density at radius 3 is 2.93 bits per heavy atom. The molecule has 0 bridgehead atoms. The van der Waals surface area contributed by atoms with Crippen LogP contribution in [0.15, 0.2) is 12.1 Å². The molecule has 14 heavy (non-hydrogen) atoms. The van der Waals surface area contributed by atoms with Gasteiger partial charge in [-0.1, -0.05) is 0 Å². The van der Waals surface area contributed by atoms with Gasteiger partial charge in [-0.2, -0.15) is 9.65 Å². The molecule has 1 aromatic rings. The first kappa shape index (κ1) is 10.1. The lowest BCUT2D eigenvalue weighted by molar-refractivity contribution is 0.0520. The van der Waals surface area contributed by atoms with E-state index in [-0.39, 0.29) is 17.9 Å². The Labute approximate surface area is 79.9 Å². The predicted octanol–water partition coefficient (Wildman–Crippen LogP) is 1.27. The summed E-state index contributed by atoms with van der Waals surface area (Å²) in [6.45, 7) is 1.78. The van der Waals surface area contributed by atoms with E-state index in [1.54, 1.807) is 13.0 Å². The number of hydrogen-bond acceptors (Lipinski definition) is 4. The molecule has 0 spiro atoms. The van der Waals surface area contributed by atoms with Gasteiger partial charge in [0.1, 0.15) is 17.3 Å². The van der Waals surface area contributed by atoms with Crippen molar-refractivity contribution in [2.75, 3.05) is 6.61 Å². The molecular formula is C9H7FN2O2. The number of nitriles is 1. The Kier molecular flexibility index (Phi) is 3.13. The van der Waals surface area contributed by atoms with Crippen LogP contribution >= 0.6 is 0 Å². The SMILES string of the molecule is CCOC(=O)c1ccc(C#N)nc1F. The van der Waals surface area contributed by atoms with Gasteiger partial charge in [0.15, 0.2) is 0 Å². The first-order valence-electron chi connectivity index (χ1n) is 3.92. The Hall–Kier alpha value is -1.96. The summed E-state index contributed by atoms with van der Waals surface area (Å²) in [7, 11) is 0. The number of hydrogen-bond donors (Lipinski definition) is 0. The second-order valence-corrected chi connectivity index (χ2v) is 2.37. The summed E-state index contributed by atoms with van der Waals surface area (Å²) in [5, 5.41) is 8.40. The van der Waals surface area contributed by atoms with E-state index >= 15 is 0 Å². The maximum atomic E-state index is 13.0. The lowest BCUT2D eigenvalue weighted by Crippen LogP contribution is -2.08. The third kappa shape index (κ3) is 2.04. The lowest BCUT2D eigenvalue weighted by Gasteiger charge is -2.01. The van der Waals surface area contributed by atoms with E-state index < -0.39 is 11.9 Å². The molecule has 1 heterocycles. The molecule has 0 saturated carbocycles. The minimum atomic E-state index is -0.984. The molecule has 0 radical (unpaired) electrons. The molecule has 0 saturated heterocycles. The van der Waals surface area contributed by atoms with E-state index in [2.05, 4.69) is 9.72 Å². The lowest BCUT2D eigenvalue weighted by atomic mass is 10.2. The second kappa shape index (κ2) is 4.33. The van der Waals surface area contributed by atoms with Gasteiger partial charge in [-0.3, -0.25) is 0 Å². The van der Waals surface area contributed by atoms with Crippen LogP contribution in [0.3, 0.4) is 0 Å². The van der Waals surface area contributed by atoms with Crippen molar-refractivity contribution >= 4 is 5.97 Å². The smallest absolute Gasteiger partial charge is 0.342 e. The molecule has 1 rings (SSSR count). The zero-order valence-electron chi connectivity index (χ0n) is 7.45. The van der Waals surface area contributed by atoms with Crippen LogP contribution in [-0.2, 0) is 4.74 Å². The zero-order chi connectivity index (χ0) is 10.6. The summed E-state index contributed by atoms with van der Waals surface area (Å²) in [5.41, 5.74) is -0.332. The Bertz CT molecular complexity index is 398. The summed E-state index contributed by atoms with van der Waals surface area (Å²) in [4.78, 5) is 14.3. The normalized spacial score (nSPS) is 9.21. The maximum Gasteiger partial charge on any atom is 0.342 e. The van der Waals surface area contributed by atoms with Crippen LogP contribution in [0, 0.1) is 17.3 Å². The van der Waals surface area contributed by atoms with Crippen LogP contribution < -0.4 is 0 Å². The molecule has 0 fully saturated rings. The van der Waals surface area contributed by atoms with E-state index in [0.29, 0.717) is 0 Å². The van der Waals surface area contributed by atoms with Crippen molar-refractivity contribution in [2.24, 2.45) is 0 Å². The largest absolute Gasteiger partial charge is 0.462 e. The van der Waals surface area contributed by atoms with Crippen molar-refractivity contribution < 1.29 is 13.9 Å². The summed E-state index contributed by atoms with van der Waals surface area (Å²) >= 11 is 0. The number of ether oxygens (including phenoxy) is 1. The average Bonchev–Trinajstić information content (AvgIpc) is 2.17. The van der Waals surface area contributed by atoms with Gasteiger partial charge in [-0.05, 0) is 19.1 Å². The Morgan fingerprint density at radius 2 is 2.43 bits per heavy atom. The van der Waals surface area contributed by atoms with Gasteiger partial charge in [0.25, 0.3) is 0 Å². The summed E-state index contributed by atoms with van der Waals surface area (Å²) < 4.78 is 17.6. The number of esters is 1. The monoisotopic (exact) mass is 194 g/mol. The summed E-state index contributed by atoms with van der Waals surface area (Å²) in [6.07, 6.45) is 0. The fraction of sp³-hybridized carbons (Fsp3) is 0.222. The quantitative estimate of drug-likeness (QED) is 0.525. The number of rotatable bonds is 2. The molecule has 0 unspecified atom stereocenters. The molecular weight excluding hydrogens is 187 g/mol. The van der Waals surface area contributed by atoms with Gasteiger partial charge in [0, 0.05) is 0 Å². The number of halogens is 1. The highest BCUT2D eigenvalue weighted by Gasteiger charge is 2.14. The van der Waals surface area contributed by atoms with Crippen molar-refractivity contribution in [3.05, 3.63) is 29.3 Å². The van der Waals surface area contributed by atoms with Gasteiger partial charge >= 0.3 is 5.97 Å². The van der Waals surface area contributed by atoms with Crippen molar-refractivity contribution in [1.82, 2.24) is 4.98 Å². The first-order chi connectivity index (χ1) is 6.69. The summed E-state index contributed by atoms with van der Waals surface area (Å²) in [6, 6.07) is 4.10. The fourth-order valence-electron chi connectivity index (χ4n) is 0.858. The van der Waals surface area contributed by atoms with Gasteiger partial charge in [0.05, 0.1) is 6.61 Å². The highest BCUT2D eigenvalue weighted by Crippen LogP contribution is 2.07. The number of carbonyl (C=O) groups excluding carboxylic acids is 1. The molecule has 4 nitrogen and oxygen atoms in total. The van der Waals surface area contributed by atoms with E-state index in [9.17, 15) is 9.18 Å². The van der Waals surface area contributed by atoms with E-state index in [0.717, 1.165) is 0 Å². The third-order valence-corrected chi connectivity index (χ3v) is 1.46. The molecule has 0 amide bonds. The Balaban J connectivity index is 3.01. The molecule has 0 atom stereocenters. The van der Waals surface area contributed by atoms with Crippen molar-refractivity contribution in [2.45, 2.75) is 6.92 Å². The molecule has 1 aromatic heterocycles. The van der Waals surface area contributed by atoms with Gasteiger partial charge < -0.3 is 4.74 Å². The zero-order valence-corrected chi connectivity index (χ0v) is 7.45. The van der Waals surface area contributed by atoms with Crippen LogP contribution in [0.1, 0.15) is 23.0 Å². The first-order valence-corrected chi connectivity index (χ1v) is 3.92. The second-order valence-electron chi connectivity index (χ2n) is 2.37. The Morgan fingerprint density at radius 1 is 1.71 bits per heavy atom. The van der Waals surface area contributed by atoms with Crippen molar-refractivity contribution in [3.8, 4) is 6.07 Å². The minimum absolute atomic E-state index is 0.0736. The molecule has 5 heteroatoms. The van der Waals surface area contributed by atoms with E-state index in [1.807, 2.05) is 0 Å². The highest BCUT2D eigenvalue weighted by atomic mass is 19.1. The van der Waals surface area contributed by atoms with Gasteiger partial charge in [-0.15, -0.1) is 0 Å². The number of pyridine rings is 1. The number of carbonyl (C=O) groups is 1. The minimum Gasteiger partial charge on any atom is -0.462 e. The number of nitrogens with zero attached hydrogens (tertiary/aromatic N) is 2. The van der Waals surface area contributed by atoms with E-state index in [4.69, 9.17) is 5.26 Å². The van der Waals surface area contributed by atoms with Crippen LogP contribution in [0.25, 0.3) is 0 Å². The standard InChI is InChI=1S/C9H7FN2O2/c1-2-14-9(13)7-4-3-6(5-11)12-8(7)10/h3-4H,2H2,1H3. The molecule has 72 valence electrons. The topological polar surface area (TPSA) is 63.0 Å². The summed E-state index contributed by atoms with van der Waals surface area (Å²) in [5.74, 6) is -1.76. The van der Waals surface area contributed by atoms with Crippen LogP contribution in [-0.4, -0.2) is 17.6 Å². The highest BCUT2D eigenvalue weighted by molar-refractivity contribution is 5.89. The van der Waals surface area contributed by atoms with Crippen molar-refractivity contribution in [3.63, 3.8) is 0 Å². The molecule has 0 aromatic carbocycles. The van der Waals surface area contributed by atoms with Gasteiger partial charge in [-0.25, -0.2) is 9.78 Å². The van der Waals surface area contributed by atoms with Crippen LogP contribution in [0.2, 0.25) is 0 Å². The average molecular weight is 194 g/mol. The van der Waals surface area contributed by atoms with Gasteiger partial charge in [0.2, 0.25) is 5.95 Å². The molecule has 0 aliphatic heterocycles.